The van der Waals surface area contributed by atoms with Crippen molar-refractivity contribution in [1.82, 2.24) is 19.5 Å². The quantitative estimate of drug-likeness (QED) is 0.185. The number of nitrogens with zero attached hydrogens (tertiary/aromatic N) is 4. The van der Waals surface area contributed by atoms with Crippen LogP contribution in [-0.2, 0) is 0 Å². The summed E-state index contributed by atoms with van der Waals surface area (Å²) in [5, 5.41) is 4.52. The summed E-state index contributed by atoms with van der Waals surface area (Å²) in [6, 6.07) is 56.9. The van der Waals surface area contributed by atoms with Gasteiger partial charge in [0.15, 0.2) is 17.5 Å². The van der Waals surface area contributed by atoms with Gasteiger partial charge in [-0.05, 0) is 66.6 Å². The number of aromatic nitrogens is 4. The van der Waals surface area contributed by atoms with E-state index in [4.69, 9.17) is 19.4 Å². The molecule has 0 unspecified atom stereocenters. The largest absolute Gasteiger partial charge is 0.455 e. The fourth-order valence-electron chi connectivity index (χ4n) is 7.21. The molecule has 0 saturated carbocycles. The fourth-order valence-corrected chi connectivity index (χ4v) is 7.21. The van der Waals surface area contributed by atoms with E-state index in [1.54, 1.807) is 0 Å². The monoisotopic (exact) mass is 654 g/mol. The molecule has 0 fully saturated rings. The molecule has 0 saturated heterocycles. The SMILES string of the molecule is Cc1ccc(-n2c3ccccc3c3cc(-c4ccc5oc6c(-c7nc(-c8ccccc8)nc(-c8ccccc8)n7)cccc6c5c4)ccc32)cc1. The Morgan fingerprint density at radius 2 is 1.02 bits per heavy atom. The maximum atomic E-state index is 6.60. The van der Waals surface area contributed by atoms with E-state index >= 15 is 0 Å². The average Bonchev–Trinajstić information content (AvgIpc) is 3.74. The summed E-state index contributed by atoms with van der Waals surface area (Å²) in [4.78, 5) is 14.8. The minimum atomic E-state index is 0.572. The molecule has 0 spiro atoms. The van der Waals surface area contributed by atoms with Gasteiger partial charge >= 0.3 is 0 Å². The molecule has 0 N–H and O–H groups in total. The number of benzene rings is 7. The lowest BCUT2D eigenvalue weighted by Crippen LogP contribution is -2.00. The van der Waals surface area contributed by atoms with E-state index in [2.05, 4.69) is 109 Å². The van der Waals surface area contributed by atoms with Crippen LogP contribution in [0.5, 0.6) is 0 Å². The molecule has 10 aromatic rings. The minimum Gasteiger partial charge on any atom is -0.455 e. The molecule has 0 aliphatic carbocycles. The van der Waals surface area contributed by atoms with Gasteiger partial charge in [0.2, 0.25) is 0 Å². The lowest BCUT2D eigenvalue weighted by molar-refractivity contribution is 0.669. The Kier molecular flexibility index (Phi) is 6.64. The Labute approximate surface area is 294 Å². The predicted molar refractivity (Wildman–Crippen MR) is 208 cm³/mol. The highest BCUT2D eigenvalue weighted by atomic mass is 16.3. The number of aryl methyl sites for hydroxylation is 1. The van der Waals surface area contributed by atoms with E-state index in [9.17, 15) is 0 Å². The van der Waals surface area contributed by atoms with Gasteiger partial charge in [-0.15, -0.1) is 0 Å². The van der Waals surface area contributed by atoms with Crippen LogP contribution in [0.3, 0.4) is 0 Å². The summed E-state index contributed by atoms with van der Waals surface area (Å²) in [6.07, 6.45) is 0. The third kappa shape index (κ3) is 4.90. The Balaban J connectivity index is 1.12. The number of fused-ring (bicyclic) bond motifs is 6. The Morgan fingerprint density at radius 1 is 0.431 bits per heavy atom. The zero-order chi connectivity index (χ0) is 33.9. The second-order valence-corrected chi connectivity index (χ2v) is 13.0. The second kappa shape index (κ2) is 11.6. The summed E-state index contributed by atoms with van der Waals surface area (Å²) in [5.74, 6) is 1.81. The first-order chi connectivity index (χ1) is 25.2. The van der Waals surface area contributed by atoms with Crippen LogP contribution in [0, 0.1) is 6.92 Å². The molecule has 240 valence electrons. The Morgan fingerprint density at radius 3 is 1.75 bits per heavy atom. The van der Waals surface area contributed by atoms with Crippen molar-refractivity contribution in [1.29, 1.82) is 0 Å². The first kappa shape index (κ1) is 29.1. The standard InChI is InChI=1S/C46H30N4O/c1-29-19-23-34(24-20-29)50-40-18-9-8-15-35(40)38-27-32(21-25-41(38)50)33-22-26-42-39(28-33)36-16-10-17-37(43(36)51-42)46-48-44(30-11-4-2-5-12-30)47-45(49-46)31-13-6-3-7-14-31/h2-28H,1H3. The van der Waals surface area contributed by atoms with Gasteiger partial charge in [0, 0.05) is 38.4 Å². The summed E-state index contributed by atoms with van der Waals surface area (Å²) < 4.78 is 8.96. The highest BCUT2D eigenvalue weighted by molar-refractivity contribution is 6.12. The van der Waals surface area contributed by atoms with Crippen LogP contribution >= 0.6 is 0 Å². The highest BCUT2D eigenvalue weighted by Crippen LogP contribution is 2.39. The van der Waals surface area contributed by atoms with Crippen LogP contribution in [-0.4, -0.2) is 19.5 Å². The van der Waals surface area contributed by atoms with Gasteiger partial charge in [-0.2, -0.15) is 0 Å². The summed E-state index contributed by atoms with van der Waals surface area (Å²) in [6.45, 7) is 2.12. The number of hydrogen-bond acceptors (Lipinski definition) is 4. The normalized spacial score (nSPS) is 11.6. The van der Waals surface area contributed by atoms with E-state index in [-0.39, 0.29) is 0 Å². The van der Waals surface area contributed by atoms with Gasteiger partial charge in [0.05, 0.1) is 16.6 Å². The van der Waals surface area contributed by atoms with Crippen molar-refractivity contribution >= 4 is 43.7 Å². The molecule has 10 rings (SSSR count). The van der Waals surface area contributed by atoms with Crippen LogP contribution in [0.2, 0.25) is 0 Å². The molecule has 3 heterocycles. The van der Waals surface area contributed by atoms with Gasteiger partial charge in [-0.25, -0.2) is 15.0 Å². The lowest BCUT2D eigenvalue weighted by atomic mass is 10.00. The molecule has 0 atom stereocenters. The van der Waals surface area contributed by atoms with Gasteiger partial charge in [-0.3, -0.25) is 0 Å². The minimum absolute atomic E-state index is 0.572. The maximum Gasteiger partial charge on any atom is 0.167 e. The third-order valence-electron chi connectivity index (χ3n) is 9.74. The summed E-state index contributed by atoms with van der Waals surface area (Å²) in [5.41, 5.74) is 11.3. The molecule has 0 amide bonds. The van der Waals surface area contributed by atoms with E-state index in [0.717, 1.165) is 55.4 Å². The topological polar surface area (TPSA) is 56.7 Å². The molecular formula is C46H30N4O. The van der Waals surface area contributed by atoms with Crippen LogP contribution in [0.15, 0.2) is 168 Å². The molecule has 5 nitrogen and oxygen atoms in total. The number of rotatable bonds is 5. The van der Waals surface area contributed by atoms with Gasteiger partial charge in [-0.1, -0.05) is 121 Å². The van der Waals surface area contributed by atoms with Gasteiger partial charge in [0.25, 0.3) is 0 Å². The van der Waals surface area contributed by atoms with Crippen molar-refractivity contribution in [2.24, 2.45) is 0 Å². The number of para-hydroxylation sites is 2. The smallest absolute Gasteiger partial charge is 0.167 e. The molecule has 5 heteroatoms. The van der Waals surface area contributed by atoms with Crippen LogP contribution < -0.4 is 0 Å². The van der Waals surface area contributed by atoms with Crippen LogP contribution in [0.1, 0.15) is 5.56 Å². The van der Waals surface area contributed by atoms with Crippen molar-refractivity contribution in [2.75, 3.05) is 0 Å². The zero-order valence-electron chi connectivity index (χ0n) is 27.8. The van der Waals surface area contributed by atoms with Crippen molar-refractivity contribution in [3.05, 3.63) is 169 Å². The Bertz CT molecular complexity index is 2850. The van der Waals surface area contributed by atoms with E-state index < -0.39 is 0 Å². The van der Waals surface area contributed by atoms with Gasteiger partial charge in [0.1, 0.15) is 11.2 Å². The van der Waals surface area contributed by atoms with Crippen molar-refractivity contribution in [2.45, 2.75) is 6.92 Å². The summed E-state index contributed by atoms with van der Waals surface area (Å²) >= 11 is 0. The Hall–Kier alpha value is -6.85. The molecule has 7 aromatic carbocycles. The van der Waals surface area contributed by atoms with Gasteiger partial charge < -0.3 is 8.98 Å². The fraction of sp³-hybridized carbons (Fsp3) is 0.0217. The van der Waals surface area contributed by atoms with E-state index in [0.29, 0.717) is 17.5 Å². The van der Waals surface area contributed by atoms with Crippen LogP contribution in [0.25, 0.3) is 94.7 Å². The van der Waals surface area contributed by atoms with Crippen molar-refractivity contribution < 1.29 is 4.42 Å². The third-order valence-corrected chi connectivity index (χ3v) is 9.74. The molecule has 0 radical (unpaired) electrons. The number of hydrogen-bond donors (Lipinski definition) is 0. The van der Waals surface area contributed by atoms with Crippen molar-refractivity contribution in [3.8, 4) is 51.0 Å². The molecular weight excluding hydrogens is 625 g/mol. The van der Waals surface area contributed by atoms with E-state index in [1.807, 2.05) is 66.7 Å². The molecule has 0 bridgehead atoms. The molecule has 51 heavy (non-hydrogen) atoms. The number of furan rings is 1. The van der Waals surface area contributed by atoms with E-state index in [1.165, 1.54) is 27.4 Å². The highest BCUT2D eigenvalue weighted by Gasteiger charge is 2.19. The first-order valence-electron chi connectivity index (χ1n) is 17.1. The maximum absolute atomic E-state index is 6.60. The first-order valence-corrected chi connectivity index (χ1v) is 17.1. The predicted octanol–water partition coefficient (Wildman–Crippen LogP) is 11.8. The lowest BCUT2D eigenvalue weighted by Gasteiger charge is -2.09. The molecule has 0 aliphatic heterocycles. The molecule has 0 aliphatic rings. The summed E-state index contributed by atoms with van der Waals surface area (Å²) in [7, 11) is 0. The van der Waals surface area contributed by atoms with Crippen LogP contribution in [0.4, 0.5) is 0 Å². The zero-order valence-corrected chi connectivity index (χ0v) is 27.8. The average molecular weight is 655 g/mol. The van der Waals surface area contributed by atoms with Crippen molar-refractivity contribution in [3.63, 3.8) is 0 Å². The molecule has 3 aromatic heterocycles. The second-order valence-electron chi connectivity index (χ2n) is 13.0.